The standard InChI is InChI=1S/C21H31N3O3/c1-6-13-23(5)14-17-18(20(25)27-8-3)19(22-21(26)24(17)7-2)16-12-10-9-11-15(16)4/h9-12,19H,6-8,13-14H2,1-5H3,(H,22,26). The number of esters is 1. The summed E-state index contributed by atoms with van der Waals surface area (Å²) in [5, 5.41) is 3.01. The summed E-state index contributed by atoms with van der Waals surface area (Å²) in [6, 6.07) is 7.12. The SMILES string of the molecule is CCCN(C)CC1=C(C(=O)OCC)C(c2ccccc2C)NC(=O)N1CC. The molecular formula is C21H31N3O3. The van der Waals surface area contributed by atoms with E-state index in [1.54, 1.807) is 11.8 Å². The number of aryl methyl sites for hydroxylation is 1. The Morgan fingerprint density at radius 1 is 1.26 bits per heavy atom. The highest BCUT2D eigenvalue weighted by Gasteiger charge is 2.38. The number of carbonyl (C=O) groups is 2. The minimum Gasteiger partial charge on any atom is -0.463 e. The van der Waals surface area contributed by atoms with Crippen LogP contribution in [0.25, 0.3) is 0 Å². The van der Waals surface area contributed by atoms with Crippen LogP contribution in [0, 0.1) is 6.92 Å². The molecule has 0 fully saturated rings. The molecule has 1 aromatic rings. The van der Waals surface area contributed by atoms with Gasteiger partial charge in [-0.15, -0.1) is 0 Å². The number of ether oxygens (including phenoxy) is 1. The van der Waals surface area contributed by atoms with Crippen molar-refractivity contribution in [2.24, 2.45) is 0 Å². The van der Waals surface area contributed by atoms with Crippen molar-refractivity contribution in [1.29, 1.82) is 0 Å². The molecule has 1 aliphatic rings. The summed E-state index contributed by atoms with van der Waals surface area (Å²) >= 11 is 0. The lowest BCUT2D eigenvalue weighted by Crippen LogP contribution is -2.50. The van der Waals surface area contributed by atoms with E-state index in [4.69, 9.17) is 4.74 Å². The number of rotatable bonds is 8. The Kier molecular flexibility index (Phi) is 7.42. The van der Waals surface area contributed by atoms with Crippen LogP contribution in [-0.4, -0.2) is 55.1 Å². The van der Waals surface area contributed by atoms with E-state index in [0.29, 0.717) is 25.3 Å². The van der Waals surface area contributed by atoms with Gasteiger partial charge in [0.2, 0.25) is 0 Å². The van der Waals surface area contributed by atoms with Crippen LogP contribution in [0.3, 0.4) is 0 Å². The van der Waals surface area contributed by atoms with Crippen molar-refractivity contribution in [3.8, 4) is 0 Å². The van der Waals surface area contributed by atoms with Crippen molar-refractivity contribution in [3.05, 3.63) is 46.7 Å². The summed E-state index contributed by atoms with van der Waals surface area (Å²) in [6.45, 7) is 9.99. The lowest BCUT2D eigenvalue weighted by atomic mass is 9.91. The first-order valence-electron chi connectivity index (χ1n) is 9.66. The van der Waals surface area contributed by atoms with Crippen LogP contribution in [0.4, 0.5) is 4.79 Å². The lowest BCUT2D eigenvalue weighted by molar-refractivity contribution is -0.139. The zero-order valence-electron chi connectivity index (χ0n) is 17.0. The van der Waals surface area contributed by atoms with Gasteiger partial charge in [0.05, 0.1) is 18.2 Å². The van der Waals surface area contributed by atoms with Crippen molar-refractivity contribution < 1.29 is 14.3 Å². The normalized spacial score (nSPS) is 17.3. The molecule has 1 atom stereocenters. The van der Waals surface area contributed by atoms with Gasteiger partial charge in [-0.1, -0.05) is 31.2 Å². The molecule has 0 saturated heterocycles. The second-order valence-electron chi connectivity index (χ2n) is 6.80. The predicted molar refractivity (Wildman–Crippen MR) is 106 cm³/mol. The van der Waals surface area contributed by atoms with Crippen LogP contribution < -0.4 is 5.32 Å². The summed E-state index contributed by atoms with van der Waals surface area (Å²) in [5.41, 5.74) is 3.19. The van der Waals surface area contributed by atoms with Gasteiger partial charge >= 0.3 is 12.0 Å². The minimum atomic E-state index is -0.509. The molecule has 27 heavy (non-hydrogen) atoms. The molecule has 0 aliphatic carbocycles. The molecule has 0 aromatic heterocycles. The molecule has 1 unspecified atom stereocenters. The van der Waals surface area contributed by atoms with E-state index >= 15 is 0 Å². The molecule has 2 rings (SSSR count). The molecule has 1 aromatic carbocycles. The number of carbonyl (C=O) groups excluding carboxylic acids is 2. The molecule has 148 valence electrons. The largest absolute Gasteiger partial charge is 0.463 e. The molecule has 2 amide bonds. The molecule has 1 N–H and O–H groups in total. The second-order valence-corrected chi connectivity index (χ2v) is 6.80. The Bertz CT molecular complexity index is 714. The van der Waals surface area contributed by atoms with Crippen LogP contribution >= 0.6 is 0 Å². The molecule has 6 heteroatoms. The predicted octanol–water partition coefficient (Wildman–Crippen LogP) is 3.24. The third-order valence-electron chi connectivity index (χ3n) is 4.77. The van der Waals surface area contributed by atoms with Crippen molar-refractivity contribution >= 4 is 12.0 Å². The van der Waals surface area contributed by atoms with E-state index in [2.05, 4.69) is 17.1 Å². The van der Waals surface area contributed by atoms with Gasteiger partial charge in [-0.05, 0) is 51.9 Å². The van der Waals surface area contributed by atoms with Gasteiger partial charge in [0.15, 0.2) is 0 Å². The summed E-state index contributed by atoms with van der Waals surface area (Å²) < 4.78 is 5.38. The number of likely N-dealkylation sites (N-methyl/N-ethyl adjacent to an activating group) is 2. The summed E-state index contributed by atoms with van der Waals surface area (Å²) in [7, 11) is 2.00. The first-order valence-corrected chi connectivity index (χ1v) is 9.66. The summed E-state index contributed by atoms with van der Waals surface area (Å²) in [4.78, 5) is 29.5. The van der Waals surface area contributed by atoms with Crippen LogP contribution in [-0.2, 0) is 9.53 Å². The maximum Gasteiger partial charge on any atom is 0.338 e. The maximum absolute atomic E-state index is 12.9. The van der Waals surface area contributed by atoms with Crippen molar-refractivity contribution in [2.45, 2.75) is 40.2 Å². The smallest absolute Gasteiger partial charge is 0.338 e. The molecule has 0 spiro atoms. The zero-order chi connectivity index (χ0) is 20.0. The van der Waals surface area contributed by atoms with Gasteiger partial charge < -0.3 is 15.0 Å². The Labute approximate surface area is 162 Å². The number of benzene rings is 1. The van der Waals surface area contributed by atoms with E-state index in [-0.39, 0.29) is 12.0 Å². The number of hydrogen-bond donors (Lipinski definition) is 1. The zero-order valence-corrected chi connectivity index (χ0v) is 17.0. The average Bonchev–Trinajstić information content (AvgIpc) is 2.62. The Hall–Kier alpha value is -2.34. The van der Waals surface area contributed by atoms with Gasteiger partial charge in [0.1, 0.15) is 0 Å². The van der Waals surface area contributed by atoms with E-state index in [1.165, 1.54) is 0 Å². The third kappa shape index (κ3) is 4.69. The number of amides is 2. The average molecular weight is 373 g/mol. The second kappa shape index (κ2) is 9.55. The maximum atomic E-state index is 12.9. The van der Waals surface area contributed by atoms with Crippen LogP contribution in [0.15, 0.2) is 35.5 Å². The van der Waals surface area contributed by atoms with E-state index < -0.39 is 6.04 Å². The molecule has 0 radical (unpaired) electrons. The quantitative estimate of drug-likeness (QED) is 0.711. The number of hydrogen-bond acceptors (Lipinski definition) is 4. The van der Waals surface area contributed by atoms with Gasteiger partial charge in [0.25, 0.3) is 0 Å². The van der Waals surface area contributed by atoms with Crippen molar-refractivity contribution in [1.82, 2.24) is 15.1 Å². The fourth-order valence-electron chi connectivity index (χ4n) is 3.52. The van der Waals surface area contributed by atoms with Gasteiger partial charge in [-0.3, -0.25) is 4.90 Å². The molecule has 0 saturated carbocycles. The van der Waals surface area contributed by atoms with Crippen molar-refractivity contribution in [2.75, 3.05) is 33.3 Å². The van der Waals surface area contributed by atoms with Crippen LogP contribution in [0.5, 0.6) is 0 Å². The minimum absolute atomic E-state index is 0.182. The topological polar surface area (TPSA) is 61.9 Å². The van der Waals surface area contributed by atoms with Crippen LogP contribution in [0.1, 0.15) is 44.4 Å². The van der Waals surface area contributed by atoms with Gasteiger partial charge in [0, 0.05) is 18.8 Å². The van der Waals surface area contributed by atoms with Crippen molar-refractivity contribution in [3.63, 3.8) is 0 Å². The monoisotopic (exact) mass is 373 g/mol. The highest BCUT2D eigenvalue weighted by atomic mass is 16.5. The Morgan fingerprint density at radius 3 is 2.56 bits per heavy atom. The van der Waals surface area contributed by atoms with Gasteiger partial charge in [-0.25, -0.2) is 9.59 Å². The first-order chi connectivity index (χ1) is 12.9. The number of nitrogens with one attached hydrogen (secondary N) is 1. The van der Waals surface area contributed by atoms with E-state index in [1.807, 2.05) is 45.2 Å². The fourth-order valence-corrected chi connectivity index (χ4v) is 3.52. The van der Waals surface area contributed by atoms with E-state index in [0.717, 1.165) is 29.8 Å². The van der Waals surface area contributed by atoms with Crippen LogP contribution in [0.2, 0.25) is 0 Å². The summed E-state index contributed by atoms with van der Waals surface area (Å²) in [5.74, 6) is -0.371. The van der Waals surface area contributed by atoms with E-state index in [9.17, 15) is 9.59 Å². The fraction of sp³-hybridized carbons (Fsp3) is 0.524. The Morgan fingerprint density at radius 2 is 1.96 bits per heavy atom. The highest BCUT2D eigenvalue weighted by molar-refractivity contribution is 5.95. The lowest BCUT2D eigenvalue weighted by Gasteiger charge is -2.38. The molecular weight excluding hydrogens is 342 g/mol. The number of nitrogens with zero attached hydrogens (tertiary/aromatic N) is 2. The number of urea groups is 1. The Balaban J connectivity index is 2.62. The summed E-state index contributed by atoms with van der Waals surface area (Å²) in [6.07, 6.45) is 0.998. The molecule has 0 bridgehead atoms. The molecule has 1 heterocycles. The van der Waals surface area contributed by atoms with Gasteiger partial charge in [-0.2, -0.15) is 0 Å². The highest BCUT2D eigenvalue weighted by Crippen LogP contribution is 2.33. The molecule has 6 nitrogen and oxygen atoms in total. The third-order valence-corrected chi connectivity index (χ3v) is 4.77. The first kappa shape index (κ1) is 21.0. The molecule has 1 aliphatic heterocycles.